The summed E-state index contributed by atoms with van der Waals surface area (Å²) in [5.41, 5.74) is 4.14. The molecule has 71 heavy (non-hydrogen) atoms. The molecule has 0 aliphatic heterocycles. The first kappa shape index (κ1) is 57.7. The van der Waals surface area contributed by atoms with Crippen molar-refractivity contribution in [3.63, 3.8) is 0 Å². The van der Waals surface area contributed by atoms with Crippen LogP contribution in [0.3, 0.4) is 0 Å². The molecule has 0 amide bonds. The van der Waals surface area contributed by atoms with Crippen molar-refractivity contribution < 1.29 is 36.7 Å². The van der Waals surface area contributed by atoms with Crippen LogP contribution in [-0.4, -0.2) is 59.5 Å². The zero-order valence-corrected chi connectivity index (χ0v) is 45.3. The highest BCUT2D eigenvalue weighted by atomic mass is 35.5. The van der Waals surface area contributed by atoms with Gasteiger partial charge in [0.15, 0.2) is 25.7 Å². The summed E-state index contributed by atoms with van der Waals surface area (Å²) < 4.78 is 53.5. The summed E-state index contributed by atoms with van der Waals surface area (Å²) in [6, 6.07) is 13.8. The maximum atomic E-state index is 15.2. The van der Waals surface area contributed by atoms with Crippen molar-refractivity contribution in [3.8, 4) is 34.4 Å². The van der Waals surface area contributed by atoms with Crippen molar-refractivity contribution in [2.45, 2.75) is 137 Å². The molecule has 20 heteroatoms. The Labute approximate surface area is 428 Å². The summed E-state index contributed by atoms with van der Waals surface area (Å²) >= 11 is 12.7. The van der Waals surface area contributed by atoms with Gasteiger partial charge < -0.3 is 38.5 Å². The normalized spacial score (nSPS) is 13.6. The number of hydrogen-bond donors (Lipinski definition) is 4. The number of nitrogens with zero attached hydrogens (tertiary/aromatic N) is 6. The van der Waals surface area contributed by atoms with E-state index in [0.717, 1.165) is 17.3 Å². The number of phenolic OH excluding ortho intramolecular Hbond substituents is 1. The van der Waals surface area contributed by atoms with Gasteiger partial charge in [-0.2, -0.15) is 0 Å². The van der Waals surface area contributed by atoms with Gasteiger partial charge in [0.05, 0.1) is 35.4 Å². The van der Waals surface area contributed by atoms with Crippen LogP contribution in [0.15, 0.2) is 69.5 Å². The molecule has 0 saturated carbocycles. The van der Waals surface area contributed by atoms with Crippen LogP contribution in [-0.2, 0) is 4.43 Å². The Hall–Kier alpha value is -5.87. The maximum absolute atomic E-state index is 15.2. The van der Waals surface area contributed by atoms with Crippen molar-refractivity contribution in [2.75, 3.05) is 10.6 Å². The van der Waals surface area contributed by atoms with E-state index in [2.05, 4.69) is 108 Å². The van der Waals surface area contributed by atoms with Gasteiger partial charge in [0, 0.05) is 22.5 Å². The minimum absolute atomic E-state index is 0. The minimum atomic E-state index is -2.22. The van der Waals surface area contributed by atoms with E-state index in [0.29, 0.717) is 49.7 Å². The average Bonchev–Trinajstić information content (AvgIpc) is 3.97. The van der Waals surface area contributed by atoms with Gasteiger partial charge in [0.1, 0.15) is 17.8 Å². The highest BCUT2D eigenvalue weighted by Crippen LogP contribution is 2.42. The minimum Gasteiger partial charge on any atom is -0.542 e. The number of aromatic nitrogens is 4. The highest BCUT2D eigenvalue weighted by Gasteiger charge is 2.42. The molecule has 4 atom stereocenters. The van der Waals surface area contributed by atoms with E-state index in [1.807, 2.05) is 19.9 Å². The molecular weight excluding hydrogens is 986 g/mol. The Morgan fingerprint density at radius 1 is 0.676 bits per heavy atom. The number of aliphatic hydroxyl groups is 1. The van der Waals surface area contributed by atoms with E-state index in [1.165, 1.54) is 18.2 Å². The van der Waals surface area contributed by atoms with E-state index in [4.69, 9.17) is 54.0 Å². The second-order valence-corrected chi connectivity index (χ2v) is 30.2. The van der Waals surface area contributed by atoms with Crippen LogP contribution < -0.4 is 15.1 Å². The molecule has 6 rings (SSSR count). The second kappa shape index (κ2) is 22.7. The zero-order valence-electron chi connectivity index (χ0n) is 41.8. The standard InChI is InChI=1S/C31H44ClFN4O3Si2.C19H16ClFN4O3.CH4/c1-19-23(15-16-24(34-9)26(19)32)35-27(20(2)39-41(10,11)30(3,4)5)29-37-36-28(38-29)21-14-17-25(22(33)18-21)40-42(12,13)31(6,7)8;1-9-13(5-6-14(22-3)16(9)20)23-17(10(2)26)19-25-24-18(28-19)11-4-7-15(27)12(21)8-11;/h14-18,20,27,35H,1-8,10-13H3;4-8,10,17,23,26-27H,1-2H3;1H4/t20-,27+;10-,17+;/m00./s1. The van der Waals surface area contributed by atoms with Crippen molar-refractivity contribution in [1.29, 1.82) is 0 Å². The lowest BCUT2D eigenvalue weighted by Gasteiger charge is -2.40. The lowest BCUT2D eigenvalue weighted by atomic mass is 10.1. The Morgan fingerprint density at radius 2 is 1.11 bits per heavy atom. The van der Waals surface area contributed by atoms with Crippen LogP contribution in [0.25, 0.3) is 32.6 Å². The molecule has 0 aliphatic carbocycles. The molecule has 380 valence electrons. The van der Waals surface area contributed by atoms with Gasteiger partial charge in [-0.15, -0.1) is 20.4 Å². The van der Waals surface area contributed by atoms with Crippen LogP contribution in [0.1, 0.15) is 97.8 Å². The molecule has 0 bridgehead atoms. The van der Waals surface area contributed by atoms with E-state index >= 15 is 4.39 Å². The Kier molecular flexibility index (Phi) is 18.4. The number of nitrogens with one attached hydrogen (secondary N) is 2. The van der Waals surface area contributed by atoms with Crippen LogP contribution in [0.2, 0.25) is 46.3 Å². The van der Waals surface area contributed by atoms with Crippen molar-refractivity contribution in [3.05, 3.63) is 128 Å². The lowest BCUT2D eigenvalue weighted by molar-refractivity contribution is 0.159. The van der Waals surface area contributed by atoms with Gasteiger partial charge in [-0.1, -0.05) is 84.3 Å². The molecule has 0 aliphatic rings. The van der Waals surface area contributed by atoms with Gasteiger partial charge in [0.2, 0.25) is 34.9 Å². The smallest absolute Gasteiger partial charge is 0.250 e. The number of phenols is 1. The summed E-state index contributed by atoms with van der Waals surface area (Å²) in [5, 5.41) is 43.1. The fourth-order valence-corrected chi connectivity index (χ4v) is 9.23. The number of rotatable bonds is 14. The van der Waals surface area contributed by atoms with E-state index in [-0.39, 0.29) is 47.0 Å². The topological polar surface area (TPSA) is 170 Å². The summed E-state index contributed by atoms with van der Waals surface area (Å²) in [6.07, 6.45) is -1.28. The molecule has 14 nitrogen and oxygen atoms in total. The van der Waals surface area contributed by atoms with Crippen molar-refractivity contribution in [2.24, 2.45) is 0 Å². The number of anilines is 2. The lowest BCUT2D eigenvalue weighted by Crippen LogP contribution is -2.45. The first-order chi connectivity index (χ1) is 32.5. The monoisotopic (exact) mass is 1050 g/mol. The molecule has 4 N–H and O–H groups in total. The number of halogens is 4. The van der Waals surface area contributed by atoms with Crippen molar-refractivity contribution >= 4 is 62.6 Å². The third-order valence-electron chi connectivity index (χ3n) is 12.8. The maximum Gasteiger partial charge on any atom is 0.250 e. The Morgan fingerprint density at radius 3 is 1.54 bits per heavy atom. The molecule has 0 unspecified atom stereocenters. The fourth-order valence-electron chi connectivity index (χ4n) is 6.38. The number of aliphatic hydroxyl groups excluding tert-OH is 1. The van der Waals surface area contributed by atoms with Crippen LogP contribution in [0.5, 0.6) is 11.5 Å². The number of hydrogen-bond acceptors (Lipinski definition) is 12. The predicted octanol–water partition coefficient (Wildman–Crippen LogP) is 15.6. The summed E-state index contributed by atoms with van der Waals surface area (Å²) in [7, 11) is -4.40. The summed E-state index contributed by atoms with van der Waals surface area (Å²) in [5.74, 6) is -0.949. The Bertz CT molecular complexity index is 2920. The molecule has 0 fully saturated rings. The van der Waals surface area contributed by atoms with Gasteiger partial charge in [0.25, 0.3) is 8.32 Å². The van der Waals surface area contributed by atoms with Gasteiger partial charge in [-0.25, -0.2) is 18.5 Å². The molecule has 2 heterocycles. The van der Waals surface area contributed by atoms with Crippen LogP contribution >= 0.6 is 23.2 Å². The average molecular weight is 1050 g/mol. The fraction of sp³-hybridized carbons (Fsp3) is 0.412. The third kappa shape index (κ3) is 13.4. The number of benzene rings is 4. The third-order valence-corrected chi connectivity index (χ3v) is 22.7. The molecule has 0 radical (unpaired) electrons. The SMILES string of the molecule is C.[C-]#[N+]c1ccc(N[C@@H](c2nnc(-c3ccc(O)c(F)c3)o2)[C@H](C)O)c(C)c1Cl.[C-]#[N+]c1ccc(N[C@@H](c2nnc(-c3ccc(O[Si](C)(C)C(C)(C)C)c(F)c3)o2)[C@H](C)O[Si](C)(C)C(C)(C)C)c(C)c1Cl. The van der Waals surface area contributed by atoms with Gasteiger partial charge in [-0.05, 0) is 124 Å². The second-order valence-electron chi connectivity index (χ2n) is 20.0. The van der Waals surface area contributed by atoms with E-state index in [9.17, 15) is 14.6 Å². The molecule has 2 aromatic heterocycles. The molecule has 0 spiro atoms. The predicted molar refractivity (Wildman–Crippen MR) is 283 cm³/mol. The highest BCUT2D eigenvalue weighted by molar-refractivity contribution is 6.75. The molecular formula is C51H64Cl2F2N8O6Si2. The number of aromatic hydroxyl groups is 1. The van der Waals surface area contributed by atoms with E-state index in [1.54, 1.807) is 44.2 Å². The first-order valence-corrected chi connectivity index (χ1v) is 28.9. The van der Waals surface area contributed by atoms with Gasteiger partial charge in [-0.3, -0.25) is 0 Å². The van der Waals surface area contributed by atoms with Crippen LogP contribution in [0.4, 0.5) is 31.5 Å². The first-order valence-electron chi connectivity index (χ1n) is 22.4. The quantitative estimate of drug-likeness (QED) is 0.0602. The molecule has 6 aromatic rings. The van der Waals surface area contributed by atoms with Crippen LogP contribution in [0, 0.1) is 38.6 Å². The zero-order chi connectivity index (χ0) is 52.3. The van der Waals surface area contributed by atoms with Gasteiger partial charge >= 0.3 is 0 Å². The molecule has 0 saturated heterocycles. The van der Waals surface area contributed by atoms with Crippen molar-refractivity contribution in [1.82, 2.24) is 20.4 Å². The Balaban J connectivity index is 0.000000328. The van der Waals surface area contributed by atoms with E-state index < -0.39 is 52.2 Å². The molecule has 4 aromatic carbocycles. The summed E-state index contributed by atoms with van der Waals surface area (Å²) in [4.78, 5) is 6.84. The summed E-state index contributed by atoms with van der Waals surface area (Å²) in [6.45, 7) is 43.0. The largest absolute Gasteiger partial charge is 0.542 e.